The number of hydrogen-bond acceptors (Lipinski definition) is 2. The summed E-state index contributed by atoms with van der Waals surface area (Å²) in [6.07, 6.45) is 0. The molecule has 2 nitrogen and oxygen atoms in total. The molecule has 0 aliphatic heterocycles. The Labute approximate surface area is 67.0 Å². The Balaban J connectivity index is 4.29. The third-order valence-corrected chi connectivity index (χ3v) is 1.52. The Morgan fingerprint density at radius 2 is 2.75 bits per heavy atom. The number of methoxy groups -OCH3 is 1. The van der Waals surface area contributed by atoms with Crippen LogP contribution in [0.4, 0.5) is 0 Å². The van der Waals surface area contributed by atoms with Gasteiger partial charge in [0.25, 0.3) is 0 Å². The second-order valence-electron chi connectivity index (χ2n) is 1.23. The lowest BCUT2D eigenvalue weighted by Crippen LogP contribution is -2.13. The minimum atomic E-state index is -2.24. The van der Waals surface area contributed by atoms with E-state index in [9.17, 15) is 4.79 Å². The summed E-state index contributed by atoms with van der Waals surface area (Å²) in [6, 6.07) is 0. The van der Waals surface area contributed by atoms with Gasteiger partial charge in [-0.15, -0.1) is 0 Å². The average Bonchev–Trinajstić information content (AvgIpc) is 1.86. The van der Waals surface area contributed by atoms with E-state index in [4.69, 9.17) is 4.11 Å². The second kappa shape index (κ2) is 4.12. The molecule has 1 atom stereocenters. The van der Waals surface area contributed by atoms with Gasteiger partial charge in [0.1, 0.15) is 0 Å². The first kappa shape index (κ1) is 4.09. The van der Waals surface area contributed by atoms with E-state index in [1.165, 1.54) is 7.11 Å². The Hall–Kier alpha value is 0.200. The van der Waals surface area contributed by atoms with Gasteiger partial charge in [-0.25, -0.2) is 0 Å². The van der Waals surface area contributed by atoms with Gasteiger partial charge in [0.2, 0.25) is 0 Å². The fraction of sp³-hybridized carbons (Fsp3) is 0.800. The highest BCUT2D eigenvalue weighted by molar-refractivity contribution is 14.1. The van der Waals surface area contributed by atoms with Crippen molar-refractivity contribution in [3.8, 4) is 0 Å². The maximum absolute atomic E-state index is 10.8. The predicted octanol–water partition coefficient (Wildman–Crippen LogP) is 1.23. The molecule has 0 unspecified atom stereocenters. The molecule has 0 heterocycles. The van der Waals surface area contributed by atoms with Crippen LogP contribution in [-0.2, 0) is 9.53 Å². The van der Waals surface area contributed by atoms with Crippen LogP contribution in [0.2, 0.25) is 0 Å². The molecule has 8 heavy (non-hydrogen) atoms. The van der Waals surface area contributed by atoms with Crippen LogP contribution in [0.3, 0.4) is 0 Å². The lowest BCUT2D eigenvalue weighted by Gasteiger charge is -2.01. The summed E-state index contributed by atoms with van der Waals surface area (Å²) in [5.41, 5.74) is 0. The lowest BCUT2D eigenvalue weighted by atomic mass is 10.2. The summed E-state index contributed by atoms with van der Waals surface area (Å²) >= 11 is 1.85. The standard InChI is InChI=1S/C5H9IO2/c1-4(3-6)5(7)8-2/h4H,3H2,1-2H3/t4-/m0/s1/i1D3. The van der Waals surface area contributed by atoms with Crippen LogP contribution in [0.25, 0.3) is 0 Å². The minimum absolute atomic E-state index is 0.251. The fourth-order valence-corrected chi connectivity index (χ4v) is 0.565. The monoisotopic (exact) mass is 231 g/mol. The second-order valence-corrected chi connectivity index (χ2v) is 2.11. The number of alkyl halides is 1. The zero-order valence-electron chi connectivity index (χ0n) is 7.48. The van der Waals surface area contributed by atoms with E-state index in [0.29, 0.717) is 0 Å². The van der Waals surface area contributed by atoms with Crippen molar-refractivity contribution in [2.75, 3.05) is 11.5 Å². The normalized spacial score (nSPS) is 20.0. The predicted molar refractivity (Wildman–Crippen MR) is 40.1 cm³/mol. The molecule has 0 saturated carbocycles. The van der Waals surface area contributed by atoms with Crippen LogP contribution < -0.4 is 0 Å². The van der Waals surface area contributed by atoms with Crippen molar-refractivity contribution in [2.24, 2.45) is 5.92 Å². The van der Waals surface area contributed by atoms with Crippen LogP contribution in [-0.4, -0.2) is 17.5 Å². The molecular weight excluding hydrogens is 219 g/mol. The van der Waals surface area contributed by atoms with E-state index in [-0.39, 0.29) is 4.43 Å². The van der Waals surface area contributed by atoms with E-state index in [0.717, 1.165) is 0 Å². The number of esters is 1. The molecule has 0 aliphatic carbocycles. The zero-order chi connectivity index (χ0) is 9.07. The van der Waals surface area contributed by atoms with E-state index in [2.05, 4.69) is 4.74 Å². The molecule has 0 saturated heterocycles. The fourth-order valence-electron chi connectivity index (χ4n) is 0.205. The molecule has 0 amide bonds. The Morgan fingerprint density at radius 1 is 2.12 bits per heavy atom. The molecule has 0 fully saturated rings. The SMILES string of the molecule is [2H]C([2H])([2H])[C@@H](CI)C(=O)OC. The van der Waals surface area contributed by atoms with E-state index >= 15 is 0 Å². The summed E-state index contributed by atoms with van der Waals surface area (Å²) in [6.45, 7) is -2.24. The van der Waals surface area contributed by atoms with Crippen LogP contribution in [0, 0.1) is 5.92 Å². The van der Waals surface area contributed by atoms with E-state index < -0.39 is 18.7 Å². The molecule has 0 aromatic carbocycles. The van der Waals surface area contributed by atoms with Crippen molar-refractivity contribution in [3.63, 3.8) is 0 Å². The van der Waals surface area contributed by atoms with Gasteiger partial charge in [-0.05, 0) is 0 Å². The van der Waals surface area contributed by atoms with Gasteiger partial charge in [-0.1, -0.05) is 29.4 Å². The van der Waals surface area contributed by atoms with Gasteiger partial charge in [-0.2, -0.15) is 0 Å². The largest absolute Gasteiger partial charge is 0.469 e. The number of carbonyl (C=O) groups is 1. The maximum atomic E-state index is 10.8. The Bertz CT molecular complexity index is 145. The quantitative estimate of drug-likeness (QED) is 0.406. The molecule has 0 bridgehead atoms. The van der Waals surface area contributed by atoms with Crippen LogP contribution in [0.1, 0.15) is 11.0 Å². The molecule has 0 aliphatic rings. The molecular formula is C5H9IO2. The van der Waals surface area contributed by atoms with Crippen molar-refractivity contribution in [3.05, 3.63) is 0 Å². The van der Waals surface area contributed by atoms with Crippen LogP contribution >= 0.6 is 22.6 Å². The first-order valence-electron chi connectivity index (χ1n) is 3.57. The molecule has 0 aromatic rings. The van der Waals surface area contributed by atoms with Gasteiger partial charge in [0.05, 0.1) is 13.0 Å². The van der Waals surface area contributed by atoms with E-state index in [1.807, 2.05) is 22.6 Å². The molecule has 0 radical (unpaired) electrons. The summed E-state index contributed by atoms with van der Waals surface area (Å²) < 4.78 is 25.4. The Morgan fingerprint density at radius 3 is 2.88 bits per heavy atom. The summed E-state index contributed by atoms with van der Waals surface area (Å²) in [5.74, 6) is -1.66. The van der Waals surface area contributed by atoms with Crippen LogP contribution in [0.5, 0.6) is 0 Å². The number of hydrogen-bond donors (Lipinski definition) is 0. The Kier molecular flexibility index (Phi) is 2.10. The highest BCUT2D eigenvalue weighted by Crippen LogP contribution is 2.01. The lowest BCUT2D eigenvalue weighted by molar-refractivity contribution is -0.143. The van der Waals surface area contributed by atoms with Gasteiger partial charge < -0.3 is 4.74 Å². The first-order chi connectivity index (χ1) is 4.93. The maximum Gasteiger partial charge on any atom is 0.309 e. The van der Waals surface area contributed by atoms with Gasteiger partial charge in [-0.3, -0.25) is 4.79 Å². The minimum Gasteiger partial charge on any atom is -0.469 e. The van der Waals surface area contributed by atoms with Crippen molar-refractivity contribution >= 4 is 28.6 Å². The highest BCUT2D eigenvalue weighted by Gasteiger charge is 2.09. The third kappa shape index (κ3) is 2.49. The summed E-state index contributed by atoms with van der Waals surface area (Å²) in [5, 5.41) is 0. The van der Waals surface area contributed by atoms with Gasteiger partial charge in [0, 0.05) is 8.54 Å². The van der Waals surface area contributed by atoms with Gasteiger partial charge in [0.15, 0.2) is 0 Å². The summed E-state index contributed by atoms with van der Waals surface area (Å²) in [7, 11) is 1.19. The third-order valence-electron chi connectivity index (χ3n) is 0.640. The van der Waals surface area contributed by atoms with Crippen molar-refractivity contribution < 1.29 is 13.6 Å². The number of ether oxygens (including phenoxy) is 1. The molecule has 48 valence electrons. The molecule has 0 aromatic heterocycles. The summed E-state index contributed by atoms with van der Waals surface area (Å²) in [4.78, 5) is 10.8. The highest BCUT2D eigenvalue weighted by atomic mass is 127. The topological polar surface area (TPSA) is 26.3 Å². The molecule has 0 rings (SSSR count). The zero-order valence-corrected chi connectivity index (χ0v) is 6.64. The van der Waals surface area contributed by atoms with Crippen LogP contribution in [0.15, 0.2) is 0 Å². The van der Waals surface area contributed by atoms with Crippen molar-refractivity contribution in [2.45, 2.75) is 6.85 Å². The number of halogens is 1. The molecule has 3 heteroatoms. The average molecular weight is 231 g/mol. The smallest absolute Gasteiger partial charge is 0.309 e. The van der Waals surface area contributed by atoms with E-state index in [1.54, 1.807) is 0 Å². The molecule has 0 spiro atoms. The van der Waals surface area contributed by atoms with Crippen molar-refractivity contribution in [1.29, 1.82) is 0 Å². The van der Waals surface area contributed by atoms with Gasteiger partial charge >= 0.3 is 5.97 Å². The first-order valence-corrected chi connectivity index (χ1v) is 3.59. The number of rotatable bonds is 2. The number of carbonyl (C=O) groups excluding carboxylic acids is 1. The molecule has 0 N–H and O–H groups in total. The van der Waals surface area contributed by atoms with Crippen molar-refractivity contribution in [1.82, 2.24) is 0 Å².